The van der Waals surface area contributed by atoms with Crippen LogP contribution in [0.25, 0.3) is 0 Å². The van der Waals surface area contributed by atoms with Gasteiger partial charge in [-0.1, -0.05) is 24.6 Å². The average molecular weight is 313 g/mol. The Morgan fingerprint density at radius 2 is 2.14 bits per heavy atom. The molecule has 0 aromatic heterocycles. The maximum atomic E-state index is 11.9. The van der Waals surface area contributed by atoms with Gasteiger partial charge in [-0.3, -0.25) is 4.79 Å². The molecule has 3 N–H and O–H groups in total. The molecule has 21 heavy (non-hydrogen) atoms. The molecule has 0 saturated carbocycles. The second-order valence-electron chi connectivity index (χ2n) is 5.97. The fourth-order valence-corrected chi connectivity index (χ4v) is 2.08. The molecule has 0 aliphatic heterocycles. The summed E-state index contributed by atoms with van der Waals surface area (Å²) in [6.45, 7) is 7.86. The van der Waals surface area contributed by atoms with Crippen LogP contribution >= 0.6 is 11.6 Å². The maximum absolute atomic E-state index is 11.9. The van der Waals surface area contributed by atoms with E-state index < -0.39 is 0 Å². The number of rotatable bonds is 7. The van der Waals surface area contributed by atoms with Crippen LogP contribution in [0.15, 0.2) is 18.2 Å². The van der Waals surface area contributed by atoms with Gasteiger partial charge in [-0.15, -0.1) is 0 Å². The van der Waals surface area contributed by atoms with Crippen LogP contribution in [-0.2, 0) is 11.2 Å². The van der Waals surface area contributed by atoms with E-state index >= 15 is 0 Å². The van der Waals surface area contributed by atoms with Crippen molar-refractivity contribution in [3.8, 4) is 5.75 Å². The largest absolute Gasteiger partial charge is 0.483 e. The number of halogens is 1. The van der Waals surface area contributed by atoms with Crippen molar-refractivity contribution in [2.45, 2.75) is 52.1 Å². The van der Waals surface area contributed by atoms with E-state index in [1.807, 2.05) is 33.8 Å². The summed E-state index contributed by atoms with van der Waals surface area (Å²) in [7, 11) is 0. The van der Waals surface area contributed by atoms with Crippen molar-refractivity contribution >= 4 is 17.5 Å². The Hall–Kier alpha value is -1.26. The maximum Gasteiger partial charge on any atom is 0.258 e. The van der Waals surface area contributed by atoms with Gasteiger partial charge in [-0.05, 0) is 45.7 Å². The highest BCUT2D eigenvalue weighted by atomic mass is 35.5. The van der Waals surface area contributed by atoms with Crippen LogP contribution in [0.4, 0.5) is 0 Å². The van der Waals surface area contributed by atoms with E-state index in [-0.39, 0.29) is 24.1 Å². The molecule has 4 nitrogen and oxygen atoms in total. The second-order valence-corrected chi connectivity index (χ2v) is 6.38. The second kappa shape index (κ2) is 7.66. The molecule has 1 aromatic carbocycles. The SMILES string of the molecule is CCC(C)(C)NC(=O)COc1cccc(Cl)c1CC(C)N. The first kappa shape index (κ1) is 17.8. The van der Waals surface area contributed by atoms with Gasteiger partial charge >= 0.3 is 0 Å². The third-order valence-electron chi connectivity index (χ3n) is 3.32. The Labute approximate surface area is 132 Å². The molecule has 0 heterocycles. The molecule has 0 fully saturated rings. The van der Waals surface area contributed by atoms with Gasteiger partial charge in [0.2, 0.25) is 0 Å². The van der Waals surface area contributed by atoms with Gasteiger partial charge in [0.05, 0.1) is 0 Å². The molecule has 0 saturated heterocycles. The normalized spacial score (nSPS) is 12.9. The van der Waals surface area contributed by atoms with Crippen molar-refractivity contribution in [2.75, 3.05) is 6.61 Å². The molecule has 1 aromatic rings. The van der Waals surface area contributed by atoms with Crippen LogP contribution in [0.2, 0.25) is 5.02 Å². The smallest absolute Gasteiger partial charge is 0.258 e. The van der Waals surface area contributed by atoms with Crippen LogP contribution in [-0.4, -0.2) is 24.1 Å². The van der Waals surface area contributed by atoms with Gasteiger partial charge in [0.1, 0.15) is 5.75 Å². The van der Waals surface area contributed by atoms with Gasteiger partial charge in [-0.25, -0.2) is 0 Å². The van der Waals surface area contributed by atoms with Crippen molar-refractivity contribution in [3.63, 3.8) is 0 Å². The fourth-order valence-electron chi connectivity index (χ4n) is 1.84. The Morgan fingerprint density at radius 1 is 1.48 bits per heavy atom. The van der Waals surface area contributed by atoms with Crippen LogP contribution in [0, 0.1) is 0 Å². The van der Waals surface area contributed by atoms with Crippen molar-refractivity contribution in [1.82, 2.24) is 5.32 Å². The van der Waals surface area contributed by atoms with Gasteiger partial charge in [0, 0.05) is 22.2 Å². The number of benzene rings is 1. The summed E-state index contributed by atoms with van der Waals surface area (Å²) < 4.78 is 5.62. The molecule has 0 aliphatic rings. The lowest BCUT2D eigenvalue weighted by Crippen LogP contribution is -2.44. The highest BCUT2D eigenvalue weighted by Crippen LogP contribution is 2.27. The summed E-state index contributed by atoms with van der Waals surface area (Å²) in [5.74, 6) is 0.470. The lowest BCUT2D eigenvalue weighted by Gasteiger charge is -2.24. The zero-order valence-corrected chi connectivity index (χ0v) is 14.0. The Morgan fingerprint density at radius 3 is 2.71 bits per heavy atom. The van der Waals surface area contributed by atoms with Gasteiger partial charge < -0.3 is 15.8 Å². The highest BCUT2D eigenvalue weighted by molar-refractivity contribution is 6.31. The molecular formula is C16H25ClN2O2. The number of carbonyl (C=O) groups is 1. The van der Waals surface area contributed by atoms with E-state index in [4.69, 9.17) is 22.1 Å². The Balaban J connectivity index is 2.71. The third kappa shape index (κ3) is 5.94. The van der Waals surface area contributed by atoms with Crippen LogP contribution in [0.5, 0.6) is 5.75 Å². The van der Waals surface area contributed by atoms with Crippen LogP contribution in [0.1, 0.15) is 39.7 Å². The number of nitrogens with one attached hydrogen (secondary N) is 1. The fraction of sp³-hybridized carbons (Fsp3) is 0.562. The van der Waals surface area contributed by atoms with E-state index in [0.29, 0.717) is 17.2 Å². The topological polar surface area (TPSA) is 64.3 Å². The zero-order chi connectivity index (χ0) is 16.0. The van der Waals surface area contributed by atoms with E-state index in [1.165, 1.54) is 0 Å². The molecular weight excluding hydrogens is 288 g/mol. The highest BCUT2D eigenvalue weighted by Gasteiger charge is 2.18. The Kier molecular flexibility index (Phi) is 6.49. The van der Waals surface area contributed by atoms with E-state index in [9.17, 15) is 4.79 Å². The number of carbonyl (C=O) groups excluding carboxylic acids is 1. The van der Waals surface area contributed by atoms with Crippen molar-refractivity contribution in [3.05, 3.63) is 28.8 Å². The molecule has 5 heteroatoms. The molecule has 0 bridgehead atoms. The summed E-state index contributed by atoms with van der Waals surface area (Å²) in [6.07, 6.45) is 1.46. The minimum Gasteiger partial charge on any atom is -0.483 e. The average Bonchev–Trinajstić information content (AvgIpc) is 2.38. The minimum absolute atomic E-state index is 0.0277. The number of ether oxygens (including phenoxy) is 1. The number of hydrogen-bond donors (Lipinski definition) is 2. The molecule has 1 unspecified atom stereocenters. The minimum atomic E-state index is -0.233. The predicted octanol–water partition coefficient (Wildman–Crippen LogP) is 2.91. The van der Waals surface area contributed by atoms with Crippen molar-refractivity contribution in [1.29, 1.82) is 0 Å². The first-order valence-electron chi connectivity index (χ1n) is 7.22. The number of nitrogens with two attached hydrogens (primary N) is 1. The third-order valence-corrected chi connectivity index (χ3v) is 3.68. The molecule has 0 radical (unpaired) electrons. The first-order chi connectivity index (χ1) is 9.75. The van der Waals surface area contributed by atoms with Crippen molar-refractivity contribution in [2.24, 2.45) is 5.73 Å². The zero-order valence-electron chi connectivity index (χ0n) is 13.2. The number of amides is 1. The summed E-state index contributed by atoms with van der Waals surface area (Å²) in [5, 5.41) is 3.54. The van der Waals surface area contributed by atoms with E-state index in [1.54, 1.807) is 12.1 Å². The van der Waals surface area contributed by atoms with Crippen LogP contribution in [0.3, 0.4) is 0 Å². The predicted molar refractivity (Wildman–Crippen MR) is 86.8 cm³/mol. The monoisotopic (exact) mass is 312 g/mol. The van der Waals surface area contributed by atoms with Gasteiger partial charge in [0.15, 0.2) is 6.61 Å². The molecule has 1 rings (SSSR count). The van der Waals surface area contributed by atoms with E-state index in [0.717, 1.165) is 12.0 Å². The van der Waals surface area contributed by atoms with Gasteiger partial charge in [0.25, 0.3) is 5.91 Å². The molecule has 118 valence electrons. The van der Waals surface area contributed by atoms with Gasteiger partial charge in [-0.2, -0.15) is 0 Å². The Bertz CT molecular complexity index is 487. The van der Waals surface area contributed by atoms with Crippen molar-refractivity contribution < 1.29 is 9.53 Å². The lowest BCUT2D eigenvalue weighted by molar-refractivity contribution is -0.124. The van der Waals surface area contributed by atoms with E-state index in [2.05, 4.69) is 5.32 Å². The summed E-state index contributed by atoms with van der Waals surface area (Å²) in [5.41, 5.74) is 6.44. The molecule has 1 atom stereocenters. The van der Waals surface area contributed by atoms with Crippen LogP contribution < -0.4 is 15.8 Å². The lowest BCUT2D eigenvalue weighted by atomic mass is 10.0. The number of hydrogen-bond acceptors (Lipinski definition) is 3. The summed E-state index contributed by atoms with van der Waals surface area (Å²) in [6, 6.07) is 5.38. The summed E-state index contributed by atoms with van der Waals surface area (Å²) >= 11 is 6.18. The summed E-state index contributed by atoms with van der Waals surface area (Å²) in [4.78, 5) is 11.9. The first-order valence-corrected chi connectivity index (χ1v) is 7.59. The quantitative estimate of drug-likeness (QED) is 0.813. The molecule has 0 spiro atoms. The standard InChI is InChI=1S/C16H25ClN2O2/c1-5-16(3,4)19-15(20)10-21-14-8-6-7-13(17)12(14)9-11(2)18/h6-8,11H,5,9-10,18H2,1-4H3,(H,19,20). The molecule has 0 aliphatic carbocycles. The molecule has 1 amide bonds.